The lowest BCUT2D eigenvalue weighted by atomic mass is 9.58. The molecule has 1 aliphatic rings. The zero-order chi connectivity index (χ0) is 29.1. The maximum Gasteiger partial charge on any atom is 0.406 e. The summed E-state index contributed by atoms with van der Waals surface area (Å²) < 4.78 is 40.2. The van der Waals surface area contributed by atoms with Crippen LogP contribution in [-0.2, 0) is 18.5 Å². The minimum Gasteiger partial charge on any atom is -0.324 e. The summed E-state index contributed by atoms with van der Waals surface area (Å²) in [5, 5.41) is 22.1. The normalized spacial score (nSPS) is 19.8. The van der Waals surface area contributed by atoms with Gasteiger partial charge in [-0.25, -0.2) is 0 Å². The van der Waals surface area contributed by atoms with Crippen LogP contribution in [0.4, 0.5) is 18.9 Å². The lowest BCUT2D eigenvalue weighted by Gasteiger charge is -2.48. The largest absolute Gasteiger partial charge is 0.406 e. The smallest absolute Gasteiger partial charge is 0.324 e. The molecule has 1 heterocycles. The molecule has 4 N–H and O–H groups in total. The number of aromatic nitrogens is 1. The number of halogens is 3. The number of amides is 1. The number of nitrogens with zero attached hydrogens (tertiary/aromatic N) is 2. The Morgan fingerprint density at radius 2 is 1.92 bits per heavy atom. The minimum absolute atomic E-state index is 0.0694. The highest BCUT2D eigenvalue weighted by molar-refractivity contribution is 6.04. The average molecular weight is 547 g/mol. The molecular weight excluding hydrogens is 509 g/mol. The number of benzene rings is 1. The molecule has 1 saturated carbocycles. The third-order valence-electron chi connectivity index (χ3n) is 7.43. The highest BCUT2D eigenvalue weighted by Crippen LogP contribution is 2.49. The Labute approximate surface area is 226 Å². The Morgan fingerprint density at radius 3 is 2.49 bits per heavy atom. The summed E-state index contributed by atoms with van der Waals surface area (Å²) in [6.45, 7) is 6.74. The number of rotatable bonds is 10. The highest BCUT2D eigenvalue weighted by atomic mass is 19.4. The summed E-state index contributed by atoms with van der Waals surface area (Å²) in [4.78, 5) is 27.6. The van der Waals surface area contributed by atoms with Gasteiger partial charge in [0.1, 0.15) is 17.9 Å². The predicted molar refractivity (Wildman–Crippen MR) is 147 cm³/mol. The van der Waals surface area contributed by atoms with Crippen molar-refractivity contribution in [3.05, 3.63) is 63.6 Å². The number of alkyl halides is 3. The summed E-state index contributed by atoms with van der Waals surface area (Å²) in [5.74, 6) is 0.118. The molecule has 1 aromatic carbocycles. The highest BCUT2D eigenvalue weighted by Gasteiger charge is 2.48. The molecular formula is C28H37F3N6O2. The van der Waals surface area contributed by atoms with Gasteiger partial charge in [0.15, 0.2) is 0 Å². The van der Waals surface area contributed by atoms with Gasteiger partial charge in [0.05, 0.1) is 11.8 Å². The number of carbonyl (C=O) groups excluding carboxylic acids is 1. The van der Waals surface area contributed by atoms with E-state index in [1.54, 1.807) is 25.2 Å². The Kier molecular flexibility index (Phi) is 9.05. The van der Waals surface area contributed by atoms with Gasteiger partial charge in [0, 0.05) is 31.5 Å². The summed E-state index contributed by atoms with van der Waals surface area (Å²) in [5.41, 5.74) is -0.502. The number of pyridine rings is 1. The number of hydrogen-bond acceptors (Lipinski definition) is 5. The molecule has 1 aliphatic carbocycles. The lowest BCUT2D eigenvalue weighted by Crippen LogP contribution is -2.52. The fraction of sp³-hybridized carbons (Fsp3) is 0.500. The van der Waals surface area contributed by atoms with Crippen molar-refractivity contribution in [2.75, 3.05) is 12.4 Å². The van der Waals surface area contributed by atoms with Gasteiger partial charge in [-0.3, -0.25) is 20.4 Å². The Balaban J connectivity index is 1.93. The van der Waals surface area contributed by atoms with Crippen molar-refractivity contribution in [3.8, 4) is 0 Å². The zero-order valence-electron chi connectivity index (χ0n) is 22.9. The van der Waals surface area contributed by atoms with Crippen LogP contribution in [0.3, 0.4) is 0 Å². The van der Waals surface area contributed by atoms with Crippen molar-refractivity contribution in [1.82, 2.24) is 14.8 Å². The third-order valence-corrected chi connectivity index (χ3v) is 7.43. The first kappa shape index (κ1) is 30.1. The molecule has 1 unspecified atom stereocenters. The van der Waals surface area contributed by atoms with Crippen LogP contribution >= 0.6 is 0 Å². The van der Waals surface area contributed by atoms with Gasteiger partial charge in [-0.2, -0.15) is 13.2 Å². The van der Waals surface area contributed by atoms with E-state index in [4.69, 9.17) is 10.8 Å². The maximum atomic E-state index is 13.2. The fourth-order valence-corrected chi connectivity index (χ4v) is 4.97. The summed E-state index contributed by atoms with van der Waals surface area (Å²) in [7, 11) is 1.64. The molecule has 1 amide bonds. The zero-order valence-corrected chi connectivity index (χ0v) is 22.9. The molecule has 3 rings (SSSR count). The SMILES string of the molecule is CC(C)C(C)NCc1cc(C(=O)Nc2cccc([C@]3(C(=N)N(C)C=N)C[C@@H](C)C3)c2)c(=O)n(CC(F)(F)F)c1. The van der Waals surface area contributed by atoms with E-state index in [1.807, 2.05) is 26.8 Å². The summed E-state index contributed by atoms with van der Waals surface area (Å²) >= 11 is 0. The molecule has 212 valence electrons. The Morgan fingerprint density at radius 1 is 1.26 bits per heavy atom. The molecule has 11 heteroatoms. The number of likely N-dealkylation sites (N-methyl/N-ethyl adjacent to an activating group) is 1. The molecule has 0 radical (unpaired) electrons. The van der Waals surface area contributed by atoms with Crippen LogP contribution in [-0.4, -0.2) is 46.8 Å². The van der Waals surface area contributed by atoms with Crippen LogP contribution in [0.15, 0.2) is 41.3 Å². The van der Waals surface area contributed by atoms with Crippen LogP contribution in [0.25, 0.3) is 0 Å². The number of amidine groups is 1. The topological polar surface area (TPSA) is 114 Å². The Hall–Kier alpha value is -3.47. The molecule has 8 nitrogen and oxygen atoms in total. The number of anilines is 1. The van der Waals surface area contributed by atoms with Crippen LogP contribution in [0.1, 0.15) is 62.0 Å². The van der Waals surface area contributed by atoms with Gasteiger partial charge in [0.2, 0.25) is 0 Å². The van der Waals surface area contributed by atoms with Gasteiger partial charge in [-0.1, -0.05) is 32.9 Å². The Bertz CT molecular complexity index is 1280. The molecule has 0 saturated heterocycles. The van der Waals surface area contributed by atoms with Crippen molar-refractivity contribution >= 4 is 23.8 Å². The number of nitrogens with one attached hydrogen (secondary N) is 4. The van der Waals surface area contributed by atoms with Crippen molar-refractivity contribution in [2.45, 2.75) is 71.3 Å². The first-order valence-electron chi connectivity index (χ1n) is 12.9. The minimum atomic E-state index is -4.63. The second-order valence-corrected chi connectivity index (χ2v) is 10.9. The van der Waals surface area contributed by atoms with E-state index in [-0.39, 0.29) is 29.9 Å². The van der Waals surface area contributed by atoms with E-state index in [0.29, 0.717) is 34.6 Å². The van der Waals surface area contributed by atoms with Crippen LogP contribution in [0, 0.1) is 22.7 Å². The average Bonchev–Trinajstić information content (AvgIpc) is 2.84. The van der Waals surface area contributed by atoms with Crippen molar-refractivity contribution in [3.63, 3.8) is 0 Å². The first-order valence-corrected chi connectivity index (χ1v) is 12.9. The van der Waals surface area contributed by atoms with Crippen molar-refractivity contribution in [1.29, 1.82) is 10.8 Å². The molecule has 1 fully saturated rings. The fourth-order valence-electron chi connectivity index (χ4n) is 4.97. The molecule has 0 bridgehead atoms. The third kappa shape index (κ3) is 6.95. The van der Waals surface area contributed by atoms with Crippen LogP contribution in [0.2, 0.25) is 0 Å². The second-order valence-electron chi connectivity index (χ2n) is 10.9. The van der Waals surface area contributed by atoms with E-state index in [9.17, 15) is 22.8 Å². The number of carbonyl (C=O) groups is 1. The van der Waals surface area contributed by atoms with Gasteiger partial charge in [0.25, 0.3) is 11.5 Å². The number of hydrogen-bond donors (Lipinski definition) is 4. The van der Waals surface area contributed by atoms with Gasteiger partial charge < -0.3 is 20.1 Å². The molecule has 0 aliphatic heterocycles. The van der Waals surface area contributed by atoms with Gasteiger partial charge >= 0.3 is 6.18 Å². The maximum absolute atomic E-state index is 13.2. The first-order chi connectivity index (χ1) is 18.2. The van der Waals surface area contributed by atoms with E-state index in [2.05, 4.69) is 17.6 Å². The quantitative estimate of drug-likeness (QED) is 0.249. The lowest BCUT2D eigenvalue weighted by molar-refractivity contribution is -0.141. The van der Waals surface area contributed by atoms with Crippen LogP contribution < -0.4 is 16.2 Å². The monoisotopic (exact) mass is 546 g/mol. The van der Waals surface area contributed by atoms with Crippen molar-refractivity contribution < 1.29 is 18.0 Å². The van der Waals surface area contributed by atoms with E-state index >= 15 is 0 Å². The molecule has 39 heavy (non-hydrogen) atoms. The molecule has 1 aromatic heterocycles. The molecule has 0 spiro atoms. The second kappa shape index (κ2) is 11.7. The molecule has 2 aromatic rings. The van der Waals surface area contributed by atoms with E-state index in [1.165, 1.54) is 11.0 Å². The summed E-state index contributed by atoms with van der Waals surface area (Å²) in [6, 6.07) is 8.33. The van der Waals surface area contributed by atoms with Gasteiger partial charge in [-0.15, -0.1) is 0 Å². The predicted octanol–water partition coefficient (Wildman–Crippen LogP) is 4.98. The van der Waals surface area contributed by atoms with Crippen LogP contribution in [0.5, 0.6) is 0 Å². The van der Waals surface area contributed by atoms with Gasteiger partial charge in [-0.05, 0) is 60.9 Å². The van der Waals surface area contributed by atoms with E-state index < -0.39 is 29.6 Å². The summed E-state index contributed by atoms with van der Waals surface area (Å²) in [6.07, 6.45) is -1.01. The van der Waals surface area contributed by atoms with Crippen molar-refractivity contribution in [2.24, 2.45) is 11.8 Å². The standard InChI is InChI=1S/C28H37F3N6O2/c1-17(2)19(4)34-13-20-9-23(25(39)37(14-20)15-28(29,30)31)24(38)35-22-8-6-7-21(10-22)27(11-18(3)12-27)26(33)36(5)16-32/h6-10,14,16-19,32-34H,11-13,15H2,1-5H3,(H,35,38)/t18-,19?,27+. The molecule has 1 atom stereocenters. The van der Waals surface area contributed by atoms with E-state index in [0.717, 1.165) is 18.1 Å².